The van der Waals surface area contributed by atoms with E-state index in [1.165, 1.54) is 18.2 Å². The summed E-state index contributed by atoms with van der Waals surface area (Å²) in [4.78, 5) is 21.6. The molecule has 0 bridgehead atoms. The van der Waals surface area contributed by atoms with E-state index in [9.17, 15) is 9.59 Å². The highest BCUT2D eigenvalue weighted by atomic mass is 79.9. The first-order valence-corrected chi connectivity index (χ1v) is 4.95. The van der Waals surface area contributed by atoms with Crippen molar-refractivity contribution in [2.24, 2.45) is 0 Å². The number of hydrogen-bond donors (Lipinski definition) is 2. The van der Waals surface area contributed by atoms with Gasteiger partial charge in [0.05, 0.1) is 11.1 Å². The molecule has 0 atom stereocenters. The summed E-state index contributed by atoms with van der Waals surface area (Å²) in [6.07, 6.45) is -1.27. The monoisotopic (exact) mass is 284 g/mol. The van der Waals surface area contributed by atoms with Crippen molar-refractivity contribution in [3.63, 3.8) is 0 Å². The van der Waals surface area contributed by atoms with Crippen LogP contribution in [0.15, 0.2) is 22.8 Å². The summed E-state index contributed by atoms with van der Waals surface area (Å²) < 4.78 is 1.09. The highest BCUT2D eigenvalue weighted by molar-refractivity contribution is 9.10. The van der Waals surface area contributed by atoms with Gasteiger partial charge in [-0.2, -0.15) is 9.78 Å². The largest absolute Gasteiger partial charge is 0.478 e. The number of carbonyl (C=O) groups is 2. The first-order valence-electron chi connectivity index (χ1n) is 4.15. The van der Waals surface area contributed by atoms with Gasteiger partial charge in [-0.15, -0.1) is 0 Å². The van der Waals surface area contributed by atoms with Gasteiger partial charge >= 0.3 is 12.1 Å². The van der Waals surface area contributed by atoms with Crippen LogP contribution in [0.25, 0.3) is 10.9 Å². The second-order valence-electron chi connectivity index (χ2n) is 3.02. The van der Waals surface area contributed by atoms with Crippen molar-refractivity contribution in [1.82, 2.24) is 9.78 Å². The molecule has 82 valence electrons. The first-order chi connectivity index (χ1) is 7.50. The lowest BCUT2D eigenvalue weighted by Crippen LogP contribution is -2.09. The van der Waals surface area contributed by atoms with E-state index in [-0.39, 0.29) is 11.1 Å². The molecule has 1 aromatic carbocycles. The Hall–Kier alpha value is -1.89. The van der Waals surface area contributed by atoms with Crippen molar-refractivity contribution in [3.05, 3.63) is 28.4 Å². The summed E-state index contributed by atoms with van der Waals surface area (Å²) in [6, 6.07) is 4.17. The second-order valence-corrected chi connectivity index (χ2v) is 3.77. The van der Waals surface area contributed by atoms with E-state index in [0.717, 1.165) is 4.68 Å². The molecule has 0 aliphatic carbocycles. The number of halogens is 1. The summed E-state index contributed by atoms with van der Waals surface area (Å²) in [6.45, 7) is 0. The maximum atomic E-state index is 10.8. The van der Waals surface area contributed by atoms with Gasteiger partial charge in [0.1, 0.15) is 4.60 Å². The Morgan fingerprint density at radius 1 is 1.31 bits per heavy atom. The molecular formula is C9H5BrN2O4. The summed E-state index contributed by atoms with van der Waals surface area (Å²) in [7, 11) is 0. The normalized spacial score (nSPS) is 10.6. The number of carboxylic acids is 1. The van der Waals surface area contributed by atoms with Crippen LogP contribution in [0.3, 0.4) is 0 Å². The number of hydrogen-bond acceptors (Lipinski definition) is 3. The number of rotatable bonds is 1. The average Bonchev–Trinajstić information content (AvgIpc) is 2.56. The van der Waals surface area contributed by atoms with E-state index in [1.807, 2.05) is 0 Å². The first kappa shape index (κ1) is 10.6. The van der Waals surface area contributed by atoms with Crippen LogP contribution in [0, 0.1) is 0 Å². The molecule has 0 saturated heterocycles. The molecule has 7 heteroatoms. The fourth-order valence-corrected chi connectivity index (χ4v) is 1.85. The number of aromatic nitrogens is 2. The molecule has 0 radical (unpaired) electrons. The van der Waals surface area contributed by atoms with E-state index in [4.69, 9.17) is 10.2 Å². The van der Waals surface area contributed by atoms with Crippen molar-refractivity contribution in [2.45, 2.75) is 0 Å². The molecular weight excluding hydrogens is 280 g/mol. The zero-order valence-corrected chi connectivity index (χ0v) is 9.30. The molecule has 2 N–H and O–H groups in total. The van der Waals surface area contributed by atoms with Gasteiger partial charge in [0.15, 0.2) is 0 Å². The predicted octanol–water partition coefficient (Wildman–Crippen LogP) is 2.02. The fraction of sp³-hybridized carbons (Fsp3) is 0. The molecule has 2 rings (SSSR count). The summed E-state index contributed by atoms with van der Waals surface area (Å²) >= 11 is 3.10. The zero-order chi connectivity index (χ0) is 11.9. The standard InChI is InChI=1S/C9H5BrN2O4/c10-7-5-2-1-4(8(13)14)3-6(5)12(11-7)9(15)16/h1-3H,(H,13,14)(H,15,16). The fourth-order valence-electron chi connectivity index (χ4n) is 1.36. The molecule has 0 unspecified atom stereocenters. The van der Waals surface area contributed by atoms with Gasteiger partial charge in [0, 0.05) is 5.39 Å². The molecule has 0 aliphatic rings. The summed E-state index contributed by atoms with van der Waals surface area (Å²) in [5.74, 6) is -1.11. The molecule has 1 aromatic heterocycles. The smallest absolute Gasteiger partial charge is 0.432 e. The molecule has 0 aliphatic heterocycles. The van der Waals surface area contributed by atoms with Gasteiger partial charge in [-0.3, -0.25) is 0 Å². The van der Waals surface area contributed by atoms with Crippen molar-refractivity contribution >= 4 is 38.9 Å². The van der Waals surface area contributed by atoms with Crippen LogP contribution in [0.5, 0.6) is 0 Å². The van der Waals surface area contributed by atoms with Gasteiger partial charge in [-0.25, -0.2) is 9.59 Å². The van der Waals surface area contributed by atoms with E-state index >= 15 is 0 Å². The molecule has 0 spiro atoms. The zero-order valence-electron chi connectivity index (χ0n) is 7.72. The van der Waals surface area contributed by atoms with Crippen LogP contribution >= 0.6 is 15.9 Å². The van der Waals surface area contributed by atoms with E-state index in [1.54, 1.807) is 0 Å². The number of carboxylic acid groups (broad SMARTS) is 2. The number of nitrogens with zero attached hydrogens (tertiary/aromatic N) is 2. The van der Waals surface area contributed by atoms with Crippen molar-refractivity contribution in [2.75, 3.05) is 0 Å². The van der Waals surface area contributed by atoms with E-state index in [0.29, 0.717) is 9.99 Å². The Morgan fingerprint density at radius 2 is 2.00 bits per heavy atom. The molecule has 0 amide bonds. The van der Waals surface area contributed by atoms with Crippen LogP contribution in [0.2, 0.25) is 0 Å². The molecule has 0 fully saturated rings. The van der Waals surface area contributed by atoms with E-state index in [2.05, 4.69) is 21.0 Å². The van der Waals surface area contributed by atoms with E-state index < -0.39 is 12.1 Å². The van der Waals surface area contributed by atoms with Crippen molar-refractivity contribution in [1.29, 1.82) is 0 Å². The Morgan fingerprint density at radius 3 is 2.56 bits per heavy atom. The maximum absolute atomic E-state index is 10.8. The molecule has 2 aromatic rings. The van der Waals surface area contributed by atoms with Crippen LogP contribution < -0.4 is 0 Å². The number of aromatic carboxylic acids is 1. The lowest BCUT2D eigenvalue weighted by atomic mass is 10.2. The Labute approximate surface area is 97.2 Å². The lowest BCUT2D eigenvalue weighted by molar-refractivity contribution is 0.0697. The Balaban J connectivity index is 2.79. The Kier molecular flexibility index (Phi) is 2.39. The quantitative estimate of drug-likeness (QED) is 0.836. The third-order valence-electron chi connectivity index (χ3n) is 2.06. The van der Waals surface area contributed by atoms with Gasteiger partial charge in [-0.05, 0) is 34.1 Å². The van der Waals surface area contributed by atoms with Crippen LogP contribution in [-0.2, 0) is 0 Å². The summed E-state index contributed by atoms with van der Waals surface area (Å²) in [5.41, 5.74) is 0.252. The second kappa shape index (κ2) is 3.60. The topological polar surface area (TPSA) is 92.4 Å². The Bertz CT molecular complexity index is 605. The summed E-state index contributed by atoms with van der Waals surface area (Å²) in [5, 5.41) is 21.9. The minimum Gasteiger partial charge on any atom is -0.478 e. The van der Waals surface area contributed by atoms with Crippen molar-refractivity contribution in [3.8, 4) is 0 Å². The highest BCUT2D eigenvalue weighted by Crippen LogP contribution is 2.24. The molecule has 16 heavy (non-hydrogen) atoms. The number of fused-ring (bicyclic) bond motifs is 1. The van der Waals surface area contributed by atoms with Crippen molar-refractivity contribution < 1.29 is 19.8 Å². The van der Waals surface area contributed by atoms with Crippen LogP contribution in [0.4, 0.5) is 4.79 Å². The van der Waals surface area contributed by atoms with Crippen LogP contribution in [0.1, 0.15) is 10.4 Å². The molecule has 1 heterocycles. The minimum atomic E-state index is -1.27. The molecule has 6 nitrogen and oxygen atoms in total. The van der Waals surface area contributed by atoms with Crippen LogP contribution in [-0.4, -0.2) is 32.1 Å². The van der Waals surface area contributed by atoms with Gasteiger partial charge in [0.25, 0.3) is 0 Å². The minimum absolute atomic E-state index is 0.0161. The van der Waals surface area contributed by atoms with Gasteiger partial charge < -0.3 is 10.2 Å². The predicted molar refractivity (Wildman–Crippen MR) is 57.8 cm³/mol. The molecule has 0 saturated carbocycles. The lowest BCUT2D eigenvalue weighted by Gasteiger charge is -1.97. The SMILES string of the molecule is O=C(O)c1ccc2c(Br)nn(C(=O)O)c2c1. The number of benzene rings is 1. The van der Waals surface area contributed by atoms with Gasteiger partial charge in [-0.1, -0.05) is 0 Å². The highest BCUT2D eigenvalue weighted by Gasteiger charge is 2.15. The van der Waals surface area contributed by atoms with Gasteiger partial charge in [0.2, 0.25) is 0 Å². The third kappa shape index (κ3) is 1.54. The average molecular weight is 285 g/mol. The maximum Gasteiger partial charge on any atom is 0.432 e. The third-order valence-corrected chi connectivity index (χ3v) is 2.65.